The number of urea groups is 1. The Kier molecular flexibility index (Phi) is 4.70. The van der Waals surface area contributed by atoms with Crippen LogP contribution in [0.25, 0.3) is 0 Å². The average molecular weight is 334 g/mol. The monoisotopic (exact) mass is 334 g/mol. The van der Waals surface area contributed by atoms with Gasteiger partial charge in [-0.2, -0.15) is 4.80 Å². The van der Waals surface area contributed by atoms with Gasteiger partial charge in [-0.1, -0.05) is 17.2 Å². The van der Waals surface area contributed by atoms with Gasteiger partial charge in [0.25, 0.3) is 5.95 Å². The Hall–Kier alpha value is -2.55. The van der Waals surface area contributed by atoms with Crippen LogP contribution in [0.15, 0.2) is 24.3 Å². The number of aromatic nitrogens is 4. The molecule has 0 aliphatic carbocycles. The molecule has 3 rings (SSSR count). The van der Waals surface area contributed by atoms with E-state index in [0.29, 0.717) is 25.3 Å². The lowest BCUT2D eigenvalue weighted by atomic mass is 10.1. The van der Waals surface area contributed by atoms with Crippen molar-refractivity contribution in [3.8, 4) is 0 Å². The minimum absolute atomic E-state index is 0.0592. The molecule has 1 aliphatic heterocycles. The van der Waals surface area contributed by atoms with Gasteiger partial charge in [0.05, 0.1) is 19.2 Å². The number of benzene rings is 1. The SMILES string of the molecule is CC(C)n1nnc(NC(=O)N2CCOC(c3cccc(F)c3)C2)n1. The van der Waals surface area contributed by atoms with Crippen LogP contribution >= 0.6 is 0 Å². The maximum absolute atomic E-state index is 13.4. The minimum Gasteiger partial charge on any atom is -0.370 e. The number of rotatable bonds is 3. The van der Waals surface area contributed by atoms with Crippen LogP contribution in [0.4, 0.5) is 15.1 Å². The Labute approximate surface area is 138 Å². The number of carbonyl (C=O) groups excluding carboxylic acids is 1. The van der Waals surface area contributed by atoms with E-state index < -0.39 is 0 Å². The average Bonchev–Trinajstić information content (AvgIpc) is 3.04. The van der Waals surface area contributed by atoms with E-state index in [2.05, 4.69) is 20.7 Å². The van der Waals surface area contributed by atoms with Crippen LogP contribution in [0.1, 0.15) is 31.6 Å². The minimum atomic E-state index is -0.362. The molecule has 1 aromatic carbocycles. The third-order valence-electron chi connectivity index (χ3n) is 3.68. The molecule has 128 valence electrons. The molecule has 2 aromatic rings. The highest BCUT2D eigenvalue weighted by molar-refractivity contribution is 5.87. The van der Waals surface area contributed by atoms with Crippen molar-refractivity contribution < 1.29 is 13.9 Å². The van der Waals surface area contributed by atoms with Crippen molar-refractivity contribution in [3.63, 3.8) is 0 Å². The summed E-state index contributed by atoms with van der Waals surface area (Å²) in [5.74, 6) is -0.172. The molecular weight excluding hydrogens is 315 g/mol. The Morgan fingerprint density at radius 1 is 1.46 bits per heavy atom. The van der Waals surface area contributed by atoms with Gasteiger partial charge in [0, 0.05) is 6.54 Å². The molecule has 0 radical (unpaired) electrons. The fraction of sp³-hybridized carbons (Fsp3) is 0.467. The number of carbonyl (C=O) groups is 1. The molecule has 0 spiro atoms. The summed E-state index contributed by atoms with van der Waals surface area (Å²) in [6, 6.07) is 5.93. The van der Waals surface area contributed by atoms with E-state index in [4.69, 9.17) is 4.74 Å². The van der Waals surface area contributed by atoms with Crippen molar-refractivity contribution in [1.82, 2.24) is 25.1 Å². The first kappa shape index (κ1) is 16.3. The first-order chi connectivity index (χ1) is 11.5. The van der Waals surface area contributed by atoms with Crippen LogP contribution in [0.2, 0.25) is 0 Å². The van der Waals surface area contributed by atoms with Crippen LogP contribution in [0, 0.1) is 5.82 Å². The van der Waals surface area contributed by atoms with E-state index in [1.807, 2.05) is 13.8 Å². The number of halogens is 1. The Balaban J connectivity index is 1.64. The van der Waals surface area contributed by atoms with Gasteiger partial charge in [0.2, 0.25) is 0 Å². The summed E-state index contributed by atoms with van der Waals surface area (Å²) in [6.07, 6.45) is -0.362. The summed E-state index contributed by atoms with van der Waals surface area (Å²) in [5, 5.41) is 14.4. The second-order valence-corrected chi connectivity index (χ2v) is 5.82. The van der Waals surface area contributed by atoms with Crippen LogP contribution in [-0.4, -0.2) is 50.8 Å². The Morgan fingerprint density at radius 3 is 3.00 bits per heavy atom. The van der Waals surface area contributed by atoms with E-state index in [-0.39, 0.29) is 29.9 Å². The van der Waals surface area contributed by atoms with Gasteiger partial charge in [0.1, 0.15) is 11.9 Å². The molecule has 0 bridgehead atoms. The molecule has 1 fully saturated rings. The van der Waals surface area contributed by atoms with Crippen molar-refractivity contribution in [3.05, 3.63) is 35.6 Å². The second kappa shape index (κ2) is 6.91. The predicted octanol–water partition coefficient (Wildman–Crippen LogP) is 2.00. The number of hydrogen-bond acceptors (Lipinski definition) is 5. The highest BCUT2D eigenvalue weighted by atomic mass is 19.1. The van der Waals surface area contributed by atoms with Gasteiger partial charge < -0.3 is 9.64 Å². The molecule has 1 aromatic heterocycles. The number of amides is 2. The number of morpholine rings is 1. The molecule has 9 heteroatoms. The number of hydrogen-bond donors (Lipinski definition) is 1. The van der Waals surface area contributed by atoms with Gasteiger partial charge in [0.15, 0.2) is 0 Å². The van der Waals surface area contributed by atoms with E-state index in [9.17, 15) is 9.18 Å². The van der Waals surface area contributed by atoms with E-state index in [1.165, 1.54) is 16.9 Å². The first-order valence-corrected chi connectivity index (χ1v) is 7.75. The van der Waals surface area contributed by atoms with Crippen LogP contribution in [-0.2, 0) is 4.74 Å². The molecule has 2 amide bonds. The Morgan fingerprint density at radius 2 is 2.29 bits per heavy atom. The molecule has 2 heterocycles. The molecular formula is C15H19FN6O2. The zero-order valence-electron chi connectivity index (χ0n) is 13.5. The highest BCUT2D eigenvalue weighted by Gasteiger charge is 2.26. The number of nitrogens with zero attached hydrogens (tertiary/aromatic N) is 5. The van der Waals surface area contributed by atoms with Crippen molar-refractivity contribution >= 4 is 12.0 Å². The first-order valence-electron chi connectivity index (χ1n) is 7.75. The maximum Gasteiger partial charge on any atom is 0.324 e. The lowest BCUT2D eigenvalue weighted by Gasteiger charge is -2.32. The van der Waals surface area contributed by atoms with Gasteiger partial charge in [-0.15, -0.1) is 5.10 Å². The van der Waals surface area contributed by atoms with Crippen molar-refractivity contribution in [2.24, 2.45) is 0 Å². The smallest absolute Gasteiger partial charge is 0.324 e. The summed E-state index contributed by atoms with van der Waals surface area (Å²) < 4.78 is 19.0. The zero-order valence-corrected chi connectivity index (χ0v) is 13.5. The van der Waals surface area contributed by atoms with Gasteiger partial charge in [-0.05, 0) is 36.8 Å². The number of ether oxygens (including phenoxy) is 1. The lowest BCUT2D eigenvalue weighted by molar-refractivity contribution is -0.0136. The predicted molar refractivity (Wildman–Crippen MR) is 83.9 cm³/mol. The Bertz CT molecular complexity index is 719. The van der Waals surface area contributed by atoms with Gasteiger partial charge in [-0.25, -0.2) is 9.18 Å². The second-order valence-electron chi connectivity index (χ2n) is 5.82. The zero-order chi connectivity index (χ0) is 17.1. The topological polar surface area (TPSA) is 85.2 Å². The molecule has 1 saturated heterocycles. The van der Waals surface area contributed by atoms with E-state index >= 15 is 0 Å². The summed E-state index contributed by atoms with van der Waals surface area (Å²) in [7, 11) is 0. The molecule has 1 aliphatic rings. The van der Waals surface area contributed by atoms with Crippen LogP contribution in [0.3, 0.4) is 0 Å². The third-order valence-corrected chi connectivity index (χ3v) is 3.68. The standard InChI is InChI=1S/C15H19FN6O2/c1-10(2)22-19-14(18-20-22)17-15(23)21-6-7-24-13(9-21)11-4-3-5-12(16)8-11/h3-5,8,10,13H,6-7,9H2,1-2H3,(H,17,19,23). The molecule has 24 heavy (non-hydrogen) atoms. The molecule has 0 saturated carbocycles. The fourth-order valence-electron chi connectivity index (χ4n) is 2.41. The summed E-state index contributed by atoms with van der Waals surface area (Å²) >= 11 is 0. The maximum atomic E-state index is 13.4. The molecule has 1 unspecified atom stereocenters. The largest absolute Gasteiger partial charge is 0.370 e. The normalized spacial score (nSPS) is 18.0. The van der Waals surface area contributed by atoms with Crippen LogP contribution < -0.4 is 5.32 Å². The van der Waals surface area contributed by atoms with Crippen molar-refractivity contribution in [1.29, 1.82) is 0 Å². The summed E-state index contributed by atoms with van der Waals surface area (Å²) in [5.41, 5.74) is 0.705. The van der Waals surface area contributed by atoms with Crippen LogP contribution in [0.5, 0.6) is 0 Å². The van der Waals surface area contributed by atoms with Crippen molar-refractivity contribution in [2.45, 2.75) is 26.0 Å². The number of anilines is 1. The summed E-state index contributed by atoms with van der Waals surface area (Å²) in [4.78, 5) is 15.4. The summed E-state index contributed by atoms with van der Waals surface area (Å²) in [6.45, 7) is 4.97. The molecule has 1 atom stereocenters. The van der Waals surface area contributed by atoms with E-state index in [0.717, 1.165) is 0 Å². The molecule has 1 N–H and O–H groups in total. The number of nitrogens with one attached hydrogen (secondary N) is 1. The third kappa shape index (κ3) is 3.67. The number of tetrazole rings is 1. The van der Waals surface area contributed by atoms with Gasteiger partial charge >= 0.3 is 6.03 Å². The van der Waals surface area contributed by atoms with E-state index in [1.54, 1.807) is 17.0 Å². The van der Waals surface area contributed by atoms with Gasteiger partial charge in [-0.3, -0.25) is 5.32 Å². The highest BCUT2D eigenvalue weighted by Crippen LogP contribution is 2.23. The quantitative estimate of drug-likeness (QED) is 0.928. The van der Waals surface area contributed by atoms with Crippen molar-refractivity contribution in [2.75, 3.05) is 25.0 Å². The fourth-order valence-corrected chi connectivity index (χ4v) is 2.41. The lowest BCUT2D eigenvalue weighted by Crippen LogP contribution is -2.44. The molecule has 8 nitrogen and oxygen atoms in total.